The maximum Gasteiger partial charge on any atom is 0.152 e. The van der Waals surface area contributed by atoms with E-state index >= 15 is 0 Å². The largest absolute Gasteiger partial charge is 0.411 e. The van der Waals surface area contributed by atoms with Crippen LogP contribution in [0.4, 0.5) is 0 Å². The van der Waals surface area contributed by atoms with E-state index in [-0.39, 0.29) is 28.6 Å². The van der Waals surface area contributed by atoms with Crippen molar-refractivity contribution in [1.29, 1.82) is 0 Å². The van der Waals surface area contributed by atoms with E-state index in [9.17, 15) is 13.2 Å². The monoisotopic (exact) mass is 391 g/mol. The second kappa shape index (κ2) is 8.13. The van der Waals surface area contributed by atoms with Gasteiger partial charge in [-0.15, -0.1) is 0 Å². The number of hydrogen-bond acceptors (Lipinski definition) is 5. The summed E-state index contributed by atoms with van der Waals surface area (Å²) in [5.41, 5.74) is 3.87. The summed E-state index contributed by atoms with van der Waals surface area (Å²) in [6, 6.07) is 5.97. The van der Waals surface area contributed by atoms with E-state index in [2.05, 4.69) is 11.2 Å². The van der Waals surface area contributed by atoms with Gasteiger partial charge in [-0.1, -0.05) is 23.4 Å². The highest BCUT2D eigenvalue weighted by Gasteiger charge is 2.30. The fourth-order valence-electron chi connectivity index (χ4n) is 4.25. The van der Waals surface area contributed by atoms with Crippen molar-refractivity contribution in [3.63, 3.8) is 0 Å². The summed E-state index contributed by atoms with van der Waals surface area (Å²) in [4.78, 5) is 12.7. The number of hydrogen-bond donors (Lipinski definition) is 1. The molecule has 0 heterocycles. The van der Waals surface area contributed by atoms with Gasteiger partial charge in [0.2, 0.25) is 0 Å². The lowest BCUT2D eigenvalue weighted by Gasteiger charge is -2.28. The maximum atomic E-state index is 12.7. The van der Waals surface area contributed by atoms with Crippen LogP contribution in [-0.2, 0) is 27.5 Å². The topological polar surface area (TPSA) is 83.8 Å². The zero-order valence-corrected chi connectivity index (χ0v) is 17.0. The molecule has 1 saturated carbocycles. The molecule has 2 aliphatic rings. The van der Waals surface area contributed by atoms with Crippen molar-refractivity contribution < 1.29 is 18.4 Å². The van der Waals surface area contributed by atoms with Gasteiger partial charge in [0, 0.05) is 17.9 Å². The number of aryl methyl sites for hydroxylation is 1. The van der Waals surface area contributed by atoms with Gasteiger partial charge >= 0.3 is 0 Å². The third kappa shape index (κ3) is 4.60. The number of nitrogens with zero attached hydrogens (tertiary/aromatic N) is 1. The van der Waals surface area contributed by atoms with E-state index in [0.29, 0.717) is 6.42 Å². The summed E-state index contributed by atoms with van der Waals surface area (Å²) in [6.45, 7) is 3.47. The molecular weight excluding hydrogens is 362 g/mol. The number of carbonyl (C=O) groups excluding carboxylic acids is 1. The van der Waals surface area contributed by atoms with Gasteiger partial charge in [-0.2, -0.15) is 0 Å². The Morgan fingerprint density at radius 3 is 2.52 bits per heavy atom. The first-order chi connectivity index (χ1) is 12.8. The van der Waals surface area contributed by atoms with E-state index in [1.54, 1.807) is 13.8 Å². The summed E-state index contributed by atoms with van der Waals surface area (Å²) < 4.78 is 24.2. The molecule has 0 atom stereocenters. The first kappa shape index (κ1) is 20.1. The van der Waals surface area contributed by atoms with Crippen LogP contribution in [0.15, 0.2) is 23.4 Å². The van der Waals surface area contributed by atoms with E-state index in [0.717, 1.165) is 60.9 Å². The Morgan fingerprint density at radius 2 is 1.89 bits per heavy atom. The van der Waals surface area contributed by atoms with Crippen LogP contribution < -0.4 is 0 Å². The summed E-state index contributed by atoms with van der Waals surface area (Å²) in [6.07, 6.45) is 5.26. The molecule has 2 aliphatic carbocycles. The molecule has 0 unspecified atom stereocenters. The van der Waals surface area contributed by atoms with Crippen LogP contribution in [0.2, 0.25) is 0 Å². The Kier molecular flexibility index (Phi) is 6.04. The lowest BCUT2D eigenvalue weighted by Crippen LogP contribution is -2.29. The van der Waals surface area contributed by atoms with Crippen molar-refractivity contribution in [3.05, 3.63) is 34.9 Å². The van der Waals surface area contributed by atoms with Crippen LogP contribution in [0.3, 0.4) is 0 Å². The SMILES string of the molecule is CC(C)S(=O)(=O)CC1CCC(C(=O)Cc2ccc3c(c2)CC/C3=N\O)CC1. The van der Waals surface area contributed by atoms with Gasteiger partial charge in [-0.05, 0) is 69.4 Å². The predicted octanol–water partition coefficient (Wildman–Crippen LogP) is 3.55. The fraction of sp³-hybridized carbons (Fsp3) is 0.619. The first-order valence-electron chi connectivity index (χ1n) is 9.87. The van der Waals surface area contributed by atoms with Crippen LogP contribution in [0, 0.1) is 11.8 Å². The molecule has 5 nitrogen and oxygen atoms in total. The zero-order valence-electron chi connectivity index (χ0n) is 16.1. The molecular formula is C21H29NO4S. The van der Waals surface area contributed by atoms with E-state index < -0.39 is 9.84 Å². The van der Waals surface area contributed by atoms with Gasteiger partial charge in [-0.3, -0.25) is 4.79 Å². The molecule has 6 heteroatoms. The molecule has 0 saturated heterocycles. The molecule has 1 aromatic carbocycles. The fourth-order valence-corrected chi connectivity index (χ4v) is 5.63. The normalized spacial score (nSPS) is 24.3. The Bertz CT molecular complexity index is 834. The second-order valence-corrected chi connectivity index (χ2v) is 10.9. The average Bonchev–Trinajstić information content (AvgIpc) is 3.04. The Balaban J connectivity index is 1.55. The zero-order chi connectivity index (χ0) is 19.6. The number of carbonyl (C=O) groups is 1. The standard InChI is InChI=1S/C21H29NO4S/c1-14(2)27(25,26)13-15-3-6-17(7-4-15)21(23)12-16-5-9-19-18(11-16)8-10-20(19)22-24/h5,9,11,14-15,17,24H,3-4,6-8,10,12-13H2,1-2H3/b22-20+. The van der Waals surface area contributed by atoms with Crippen LogP contribution >= 0.6 is 0 Å². The Morgan fingerprint density at radius 1 is 1.19 bits per heavy atom. The number of ketones is 1. The summed E-state index contributed by atoms with van der Waals surface area (Å²) in [5.74, 6) is 0.753. The van der Waals surface area contributed by atoms with Gasteiger partial charge in [0.25, 0.3) is 0 Å². The van der Waals surface area contributed by atoms with Crippen LogP contribution in [0.5, 0.6) is 0 Å². The molecule has 3 rings (SSSR count). The van der Waals surface area contributed by atoms with E-state index in [1.165, 1.54) is 0 Å². The number of rotatable bonds is 6. The predicted molar refractivity (Wildman–Crippen MR) is 106 cm³/mol. The molecule has 0 aliphatic heterocycles. The highest BCUT2D eigenvalue weighted by Crippen LogP contribution is 2.32. The molecule has 1 aromatic rings. The summed E-state index contributed by atoms with van der Waals surface area (Å²) >= 11 is 0. The maximum absolute atomic E-state index is 12.7. The minimum absolute atomic E-state index is 0.0471. The van der Waals surface area contributed by atoms with Crippen molar-refractivity contribution in [2.24, 2.45) is 17.0 Å². The Hall–Kier alpha value is -1.69. The van der Waals surface area contributed by atoms with Crippen molar-refractivity contribution in [3.8, 4) is 0 Å². The van der Waals surface area contributed by atoms with Gasteiger partial charge in [0.05, 0.1) is 16.7 Å². The molecule has 0 radical (unpaired) electrons. The lowest BCUT2D eigenvalue weighted by atomic mass is 9.79. The van der Waals surface area contributed by atoms with Crippen LogP contribution in [-0.4, -0.2) is 36.1 Å². The van der Waals surface area contributed by atoms with Crippen molar-refractivity contribution >= 4 is 21.3 Å². The third-order valence-electron chi connectivity index (χ3n) is 6.10. The van der Waals surface area contributed by atoms with Gasteiger partial charge in [-0.25, -0.2) is 8.42 Å². The Labute approximate surface area is 161 Å². The molecule has 0 spiro atoms. The average molecular weight is 392 g/mol. The summed E-state index contributed by atoms with van der Waals surface area (Å²) in [5, 5.41) is 12.0. The number of sulfone groups is 1. The highest BCUT2D eigenvalue weighted by molar-refractivity contribution is 7.91. The molecule has 148 valence electrons. The lowest BCUT2D eigenvalue weighted by molar-refractivity contribution is -0.123. The molecule has 0 amide bonds. The number of oxime groups is 1. The molecule has 0 bridgehead atoms. The molecule has 0 aromatic heterocycles. The summed E-state index contributed by atoms with van der Waals surface area (Å²) in [7, 11) is -3.01. The first-order valence-corrected chi connectivity index (χ1v) is 11.6. The molecule has 1 N–H and O–H groups in total. The van der Waals surface area contributed by atoms with Crippen molar-refractivity contribution in [1.82, 2.24) is 0 Å². The van der Waals surface area contributed by atoms with Crippen molar-refractivity contribution in [2.45, 2.75) is 64.0 Å². The number of fused-ring (bicyclic) bond motifs is 1. The van der Waals surface area contributed by atoms with E-state index in [1.807, 2.05) is 12.1 Å². The van der Waals surface area contributed by atoms with Crippen LogP contribution in [0.25, 0.3) is 0 Å². The van der Waals surface area contributed by atoms with Crippen LogP contribution in [0.1, 0.15) is 62.6 Å². The van der Waals surface area contributed by atoms with Crippen molar-refractivity contribution in [2.75, 3.05) is 5.75 Å². The second-order valence-electron chi connectivity index (χ2n) is 8.28. The molecule has 1 fully saturated rings. The quantitative estimate of drug-likeness (QED) is 0.594. The minimum atomic E-state index is -3.01. The smallest absolute Gasteiger partial charge is 0.152 e. The number of Topliss-reactive ketones (excluding diaryl/α,β-unsaturated/α-hetero) is 1. The molecule has 27 heavy (non-hydrogen) atoms. The minimum Gasteiger partial charge on any atom is -0.411 e. The van der Waals surface area contributed by atoms with Gasteiger partial charge in [0.15, 0.2) is 9.84 Å². The van der Waals surface area contributed by atoms with Gasteiger partial charge in [0.1, 0.15) is 5.78 Å². The third-order valence-corrected chi connectivity index (χ3v) is 8.47. The van der Waals surface area contributed by atoms with E-state index in [4.69, 9.17) is 5.21 Å². The highest BCUT2D eigenvalue weighted by atomic mass is 32.2. The van der Waals surface area contributed by atoms with Gasteiger partial charge < -0.3 is 5.21 Å². The number of benzene rings is 1.